The molecule has 0 saturated carbocycles. The van der Waals surface area contributed by atoms with Gasteiger partial charge in [-0.15, -0.1) is 0 Å². The Bertz CT molecular complexity index is 273. The number of nitrogens with zero attached hydrogens (tertiary/aromatic N) is 2. The number of carbonyl (C=O) groups is 1. The van der Waals surface area contributed by atoms with Crippen LogP contribution in [0.2, 0.25) is 0 Å². The molecular formula is C15H31N3O. The second kappa shape index (κ2) is 7.85. The van der Waals surface area contributed by atoms with Crippen molar-refractivity contribution in [3.8, 4) is 0 Å². The van der Waals surface area contributed by atoms with Crippen LogP contribution in [0.5, 0.6) is 0 Å². The van der Waals surface area contributed by atoms with E-state index in [1.807, 2.05) is 11.9 Å². The maximum absolute atomic E-state index is 12.3. The average molecular weight is 269 g/mol. The van der Waals surface area contributed by atoms with Crippen molar-refractivity contribution in [2.24, 2.45) is 5.73 Å². The van der Waals surface area contributed by atoms with Crippen molar-refractivity contribution < 1.29 is 4.79 Å². The van der Waals surface area contributed by atoms with Gasteiger partial charge in [0.1, 0.15) is 0 Å². The molecular weight excluding hydrogens is 238 g/mol. The number of hydrogen-bond donors (Lipinski definition) is 1. The number of rotatable bonds is 6. The number of nitrogens with two attached hydrogens (primary N) is 1. The molecule has 4 nitrogen and oxygen atoms in total. The van der Waals surface area contributed by atoms with Gasteiger partial charge in [-0.25, -0.2) is 0 Å². The Balaban J connectivity index is 2.41. The molecule has 0 bridgehead atoms. The van der Waals surface area contributed by atoms with Gasteiger partial charge in [-0.3, -0.25) is 4.79 Å². The Morgan fingerprint density at radius 2 is 1.95 bits per heavy atom. The van der Waals surface area contributed by atoms with E-state index in [4.69, 9.17) is 5.73 Å². The molecule has 0 aliphatic carbocycles. The van der Waals surface area contributed by atoms with Gasteiger partial charge in [-0.1, -0.05) is 19.8 Å². The van der Waals surface area contributed by atoms with E-state index in [0.717, 1.165) is 45.2 Å². The maximum atomic E-state index is 12.3. The molecule has 2 N–H and O–H groups in total. The van der Waals surface area contributed by atoms with Crippen molar-refractivity contribution in [2.75, 3.05) is 20.1 Å². The highest BCUT2D eigenvalue weighted by molar-refractivity contribution is 5.81. The summed E-state index contributed by atoms with van der Waals surface area (Å²) >= 11 is 0. The molecule has 0 radical (unpaired) electrons. The predicted molar refractivity (Wildman–Crippen MR) is 80.0 cm³/mol. The second-order valence-corrected chi connectivity index (χ2v) is 6.06. The van der Waals surface area contributed by atoms with Gasteiger partial charge < -0.3 is 15.5 Å². The lowest BCUT2D eigenvalue weighted by Crippen LogP contribution is -2.51. The quantitative estimate of drug-likeness (QED) is 0.800. The van der Waals surface area contributed by atoms with E-state index >= 15 is 0 Å². The van der Waals surface area contributed by atoms with Gasteiger partial charge in [0.05, 0.1) is 6.04 Å². The summed E-state index contributed by atoms with van der Waals surface area (Å²) in [5.74, 6) is 0.122. The highest BCUT2D eigenvalue weighted by atomic mass is 16.2. The number of piperidine rings is 1. The summed E-state index contributed by atoms with van der Waals surface area (Å²) in [6, 6.07) is 0.664. The first kappa shape index (κ1) is 16.4. The monoisotopic (exact) mass is 269 g/mol. The first-order chi connectivity index (χ1) is 8.97. The molecule has 1 fully saturated rings. The number of likely N-dealkylation sites (tertiary alicyclic amines) is 1. The summed E-state index contributed by atoms with van der Waals surface area (Å²) in [6.45, 7) is 8.77. The van der Waals surface area contributed by atoms with E-state index in [-0.39, 0.29) is 11.9 Å². The van der Waals surface area contributed by atoms with Crippen LogP contribution in [0.4, 0.5) is 0 Å². The van der Waals surface area contributed by atoms with E-state index in [1.54, 1.807) is 0 Å². The summed E-state index contributed by atoms with van der Waals surface area (Å²) in [7, 11) is 1.92. The highest BCUT2D eigenvalue weighted by Gasteiger charge is 2.28. The number of carbonyl (C=O) groups excluding carboxylic acids is 1. The first-order valence-corrected chi connectivity index (χ1v) is 7.73. The smallest absolute Gasteiger partial charge is 0.239 e. The van der Waals surface area contributed by atoms with Crippen molar-refractivity contribution in [3.63, 3.8) is 0 Å². The van der Waals surface area contributed by atoms with Gasteiger partial charge in [0, 0.05) is 32.2 Å². The summed E-state index contributed by atoms with van der Waals surface area (Å²) in [4.78, 5) is 16.6. The third-order valence-electron chi connectivity index (χ3n) is 4.31. The lowest BCUT2D eigenvalue weighted by Gasteiger charge is -2.39. The van der Waals surface area contributed by atoms with E-state index in [9.17, 15) is 4.79 Å². The molecule has 112 valence electrons. The zero-order valence-electron chi connectivity index (χ0n) is 13.1. The molecule has 19 heavy (non-hydrogen) atoms. The molecule has 1 saturated heterocycles. The topological polar surface area (TPSA) is 49.6 Å². The summed E-state index contributed by atoms with van der Waals surface area (Å²) in [5.41, 5.74) is 5.98. The zero-order chi connectivity index (χ0) is 14.4. The number of hydrogen-bond acceptors (Lipinski definition) is 3. The molecule has 1 heterocycles. The molecule has 0 unspecified atom stereocenters. The van der Waals surface area contributed by atoms with Gasteiger partial charge in [-0.2, -0.15) is 0 Å². The number of likely N-dealkylation sites (N-methyl/N-ethyl adjacent to an activating group) is 1. The number of unbranched alkanes of at least 4 members (excludes halogenated alkanes) is 1. The largest absolute Gasteiger partial charge is 0.341 e. The van der Waals surface area contributed by atoms with Gasteiger partial charge in [0.2, 0.25) is 5.91 Å². The van der Waals surface area contributed by atoms with E-state index in [0.29, 0.717) is 12.1 Å². The third kappa shape index (κ3) is 4.77. The molecule has 0 aromatic rings. The summed E-state index contributed by atoms with van der Waals surface area (Å²) < 4.78 is 0. The van der Waals surface area contributed by atoms with Crippen LogP contribution in [0.25, 0.3) is 0 Å². The van der Waals surface area contributed by atoms with Crippen molar-refractivity contribution in [3.05, 3.63) is 0 Å². The van der Waals surface area contributed by atoms with Crippen LogP contribution in [0, 0.1) is 0 Å². The van der Waals surface area contributed by atoms with Crippen LogP contribution in [0.1, 0.15) is 52.9 Å². The van der Waals surface area contributed by atoms with E-state index in [2.05, 4.69) is 25.7 Å². The fourth-order valence-corrected chi connectivity index (χ4v) is 2.78. The Morgan fingerprint density at radius 3 is 2.42 bits per heavy atom. The van der Waals surface area contributed by atoms with Crippen LogP contribution >= 0.6 is 0 Å². The molecule has 1 atom stereocenters. The fraction of sp³-hybridized carbons (Fsp3) is 0.933. The Hall–Kier alpha value is -0.610. The molecule has 1 rings (SSSR count). The lowest BCUT2D eigenvalue weighted by atomic mass is 10.0. The normalized spacial score (nSPS) is 19.7. The Kier molecular flexibility index (Phi) is 6.80. The standard InChI is InChI=1S/C15H31N3O/c1-5-6-7-14(16)15(19)17(4)13-8-10-18(11-9-13)12(2)3/h12-14H,5-11,16H2,1-4H3/t14-/m0/s1. The van der Waals surface area contributed by atoms with Crippen molar-refractivity contribution >= 4 is 5.91 Å². The van der Waals surface area contributed by atoms with Gasteiger partial charge in [0.15, 0.2) is 0 Å². The Morgan fingerprint density at radius 1 is 1.37 bits per heavy atom. The molecule has 1 aliphatic heterocycles. The molecule has 0 aromatic carbocycles. The molecule has 4 heteroatoms. The SMILES string of the molecule is CCCC[C@H](N)C(=O)N(C)C1CCN(C(C)C)CC1. The maximum Gasteiger partial charge on any atom is 0.239 e. The van der Waals surface area contributed by atoms with Crippen molar-refractivity contribution in [1.29, 1.82) is 0 Å². The summed E-state index contributed by atoms with van der Waals surface area (Å²) in [5, 5.41) is 0. The van der Waals surface area contributed by atoms with Crippen LogP contribution in [-0.2, 0) is 4.79 Å². The highest BCUT2D eigenvalue weighted by Crippen LogP contribution is 2.18. The van der Waals surface area contributed by atoms with Gasteiger partial charge in [-0.05, 0) is 33.1 Å². The second-order valence-electron chi connectivity index (χ2n) is 6.06. The van der Waals surface area contributed by atoms with Crippen molar-refractivity contribution in [2.45, 2.75) is 71.0 Å². The molecule has 0 aromatic heterocycles. The van der Waals surface area contributed by atoms with Crippen LogP contribution in [-0.4, -0.2) is 54.0 Å². The third-order valence-corrected chi connectivity index (χ3v) is 4.31. The van der Waals surface area contributed by atoms with Crippen LogP contribution < -0.4 is 5.73 Å². The van der Waals surface area contributed by atoms with Crippen molar-refractivity contribution in [1.82, 2.24) is 9.80 Å². The Labute approximate surface area is 118 Å². The number of amides is 1. The first-order valence-electron chi connectivity index (χ1n) is 7.73. The molecule has 0 spiro atoms. The zero-order valence-corrected chi connectivity index (χ0v) is 13.1. The van der Waals surface area contributed by atoms with Crippen LogP contribution in [0.3, 0.4) is 0 Å². The average Bonchev–Trinajstić information content (AvgIpc) is 2.43. The van der Waals surface area contributed by atoms with Crippen LogP contribution in [0.15, 0.2) is 0 Å². The fourth-order valence-electron chi connectivity index (χ4n) is 2.78. The lowest BCUT2D eigenvalue weighted by molar-refractivity contribution is -0.134. The molecule has 1 amide bonds. The summed E-state index contributed by atoms with van der Waals surface area (Å²) in [6.07, 6.45) is 5.08. The molecule has 1 aliphatic rings. The predicted octanol–water partition coefficient (Wildman–Crippen LogP) is 1.84. The minimum absolute atomic E-state index is 0.122. The van der Waals surface area contributed by atoms with Gasteiger partial charge in [0.25, 0.3) is 0 Å². The van der Waals surface area contributed by atoms with E-state index in [1.165, 1.54) is 0 Å². The minimum atomic E-state index is -0.312. The minimum Gasteiger partial charge on any atom is -0.341 e. The van der Waals surface area contributed by atoms with Gasteiger partial charge >= 0.3 is 0 Å². The van der Waals surface area contributed by atoms with E-state index < -0.39 is 0 Å².